The van der Waals surface area contributed by atoms with E-state index in [4.69, 9.17) is 4.74 Å². The number of likely N-dealkylation sites (tertiary alicyclic amines) is 1. The third kappa shape index (κ3) is 1.05. The van der Waals surface area contributed by atoms with E-state index in [1.807, 2.05) is 6.92 Å². The van der Waals surface area contributed by atoms with Crippen LogP contribution in [0.3, 0.4) is 0 Å². The van der Waals surface area contributed by atoms with Gasteiger partial charge in [0.05, 0.1) is 23.6 Å². The van der Waals surface area contributed by atoms with Crippen molar-refractivity contribution >= 4 is 22.0 Å². The molecule has 1 saturated heterocycles. The van der Waals surface area contributed by atoms with E-state index in [0.29, 0.717) is 13.2 Å². The van der Waals surface area contributed by atoms with Gasteiger partial charge in [0.25, 0.3) is 0 Å². The third-order valence-corrected chi connectivity index (χ3v) is 4.31. The van der Waals surface area contributed by atoms with Gasteiger partial charge in [0, 0.05) is 12.0 Å². The van der Waals surface area contributed by atoms with Crippen molar-refractivity contribution in [3.63, 3.8) is 0 Å². The van der Waals surface area contributed by atoms with E-state index in [-0.39, 0.29) is 28.5 Å². The van der Waals surface area contributed by atoms with Crippen LogP contribution in [0.25, 0.3) is 0 Å². The fourth-order valence-corrected chi connectivity index (χ4v) is 3.90. The average Bonchev–Trinajstić information content (AvgIpc) is 2.13. The quantitative estimate of drug-likeness (QED) is 0.718. The highest BCUT2D eigenvalue weighted by Crippen LogP contribution is 2.55. The molecule has 0 bridgehead atoms. The number of ether oxygens (including phenoxy) is 1. The number of aliphatic hydroxyl groups is 1. The van der Waals surface area contributed by atoms with Crippen molar-refractivity contribution in [1.82, 2.24) is 4.90 Å². The van der Waals surface area contributed by atoms with E-state index < -0.39 is 0 Å². The van der Waals surface area contributed by atoms with Gasteiger partial charge in [-0.2, -0.15) is 0 Å². The van der Waals surface area contributed by atoms with Crippen LogP contribution in [-0.4, -0.2) is 46.2 Å². The van der Waals surface area contributed by atoms with E-state index in [9.17, 15) is 9.90 Å². The van der Waals surface area contributed by atoms with Crippen molar-refractivity contribution in [2.24, 2.45) is 5.41 Å². The zero-order chi connectivity index (χ0) is 10.5. The SMILES string of the molecule is CCOC(=O)N1C[C@]2(C)[C@H](O)[C@@H](Br)[C@H]12. The Kier molecular flexibility index (Phi) is 2.27. The topological polar surface area (TPSA) is 49.8 Å². The monoisotopic (exact) mass is 263 g/mol. The van der Waals surface area contributed by atoms with Crippen molar-refractivity contribution in [3.8, 4) is 0 Å². The average molecular weight is 264 g/mol. The highest BCUT2D eigenvalue weighted by atomic mass is 79.9. The van der Waals surface area contributed by atoms with Crippen molar-refractivity contribution in [2.75, 3.05) is 13.2 Å². The molecule has 0 aromatic heterocycles. The Labute approximate surface area is 91.3 Å². The summed E-state index contributed by atoms with van der Waals surface area (Å²) >= 11 is 3.38. The number of hydrogen-bond acceptors (Lipinski definition) is 3. The van der Waals surface area contributed by atoms with E-state index in [1.54, 1.807) is 11.8 Å². The lowest BCUT2D eigenvalue weighted by Gasteiger charge is -2.67. The summed E-state index contributed by atoms with van der Waals surface area (Å²) in [4.78, 5) is 13.1. The Morgan fingerprint density at radius 1 is 1.79 bits per heavy atom. The fraction of sp³-hybridized carbons (Fsp3) is 0.889. The largest absolute Gasteiger partial charge is 0.450 e. The Hall–Kier alpha value is -0.290. The summed E-state index contributed by atoms with van der Waals surface area (Å²) < 4.78 is 4.91. The van der Waals surface area contributed by atoms with Crippen LogP contribution in [0.5, 0.6) is 0 Å². The third-order valence-electron chi connectivity index (χ3n) is 3.30. The number of hydrogen-bond donors (Lipinski definition) is 1. The summed E-state index contributed by atoms with van der Waals surface area (Å²) in [5, 5.41) is 9.67. The van der Waals surface area contributed by atoms with Crippen molar-refractivity contribution in [2.45, 2.75) is 30.8 Å². The zero-order valence-electron chi connectivity index (χ0n) is 8.24. The number of amides is 1. The summed E-state index contributed by atoms with van der Waals surface area (Å²) in [5.74, 6) is 0. The second-order valence-corrected chi connectivity index (χ2v) is 5.22. The van der Waals surface area contributed by atoms with E-state index >= 15 is 0 Å². The molecule has 2 fully saturated rings. The maximum Gasteiger partial charge on any atom is 0.410 e. The molecule has 5 heteroatoms. The van der Waals surface area contributed by atoms with E-state index in [2.05, 4.69) is 15.9 Å². The molecule has 0 spiro atoms. The van der Waals surface area contributed by atoms with Crippen LogP contribution in [-0.2, 0) is 4.74 Å². The van der Waals surface area contributed by atoms with Crippen LogP contribution in [0, 0.1) is 5.41 Å². The maximum atomic E-state index is 11.4. The smallest absolute Gasteiger partial charge is 0.410 e. The lowest BCUT2D eigenvalue weighted by atomic mass is 9.56. The summed E-state index contributed by atoms with van der Waals surface area (Å²) in [7, 11) is 0. The number of carbonyl (C=O) groups is 1. The predicted octanol–water partition coefficient (Wildman–Crippen LogP) is 0.971. The molecule has 4 atom stereocenters. The molecule has 1 aliphatic heterocycles. The van der Waals surface area contributed by atoms with Gasteiger partial charge in [0.1, 0.15) is 0 Å². The Morgan fingerprint density at radius 3 is 2.93 bits per heavy atom. The first kappa shape index (κ1) is 10.2. The molecule has 80 valence electrons. The molecular weight excluding hydrogens is 250 g/mol. The normalized spacial score (nSPS) is 44.9. The van der Waals surface area contributed by atoms with Crippen molar-refractivity contribution in [1.29, 1.82) is 0 Å². The van der Waals surface area contributed by atoms with Crippen LogP contribution in [0.15, 0.2) is 0 Å². The van der Waals surface area contributed by atoms with Gasteiger partial charge in [-0.25, -0.2) is 4.79 Å². The predicted molar refractivity (Wildman–Crippen MR) is 54.3 cm³/mol. The molecule has 4 nitrogen and oxygen atoms in total. The Bertz CT molecular complexity index is 273. The lowest BCUT2D eigenvalue weighted by molar-refractivity contribution is -0.196. The maximum absolute atomic E-state index is 11.4. The summed E-state index contributed by atoms with van der Waals surface area (Å²) in [5.41, 5.74) is -0.124. The van der Waals surface area contributed by atoms with Gasteiger partial charge < -0.3 is 14.7 Å². The minimum absolute atomic E-state index is 0.00865. The number of aliphatic hydroxyl groups excluding tert-OH is 1. The van der Waals surface area contributed by atoms with Gasteiger partial charge in [0.2, 0.25) is 0 Å². The number of nitrogens with zero attached hydrogens (tertiary/aromatic N) is 1. The number of halogens is 1. The number of carbonyl (C=O) groups excluding carboxylic acids is 1. The van der Waals surface area contributed by atoms with E-state index in [0.717, 1.165) is 0 Å². The Balaban J connectivity index is 1.99. The van der Waals surface area contributed by atoms with Crippen molar-refractivity contribution < 1.29 is 14.6 Å². The zero-order valence-corrected chi connectivity index (χ0v) is 9.82. The molecule has 0 unspecified atom stereocenters. The number of fused-ring (bicyclic) bond motifs is 1. The minimum Gasteiger partial charge on any atom is -0.450 e. The summed E-state index contributed by atoms with van der Waals surface area (Å²) in [6.07, 6.45) is -0.621. The number of rotatable bonds is 1. The van der Waals surface area contributed by atoms with Crippen LogP contribution in [0.1, 0.15) is 13.8 Å². The van der Waals surface area contributed by atoms with E-state index in [1.165, 1.54) is 0 Å². The molecule has 1 amide bonds. The highest BCUT2D eigenvalue weighted by Gasteiger charge is 2.69. The molecule has 0 aromatic carbocycles. The molecule has 2 aliphatic rings. The van der Waals surface area contributed by atoms with Gasteiger partial charge in [-0.15, -0.1) is 0 Å². The fourth-order valence-electron chi connectivity index (χ4n) is 2.41. The molecule has 1 saturated carbocycles. The van der Waals surface area contributed by atoms with Crippen molar-refractivity contribution in [3.05, 3.63) is 0 Å². The lowest BCUT2D eigenvalue weighted by Crippen LogP contribution is -2.83. The van der Waals surface area contributed by atoms with Crippen LogP contribution >= 0.6 is 15.9 Å². The molecule has 1 aliphatic carbocycles. The molecule has 14 heavy (non-hydrogen) atoms. The van der Waals surface area contributed by atoms with Gasteiger partial charge in [0.15, 0.2) is 0 Å². The Morgan fingerprint density at radius 2 is 2.43 bits per heavy atom. The first-order chi connectivity index (χ1) is 6.52. The first-order valence-electron chi connectivity index (χ1n) is 4.78. The first-order valence-corrected chi connectivity index (χ1v) is 5.69. The number of piperidine rings is 1. The van der Waals surface area contributed by atoms with Gasteiger partial charge in [-0.05, 0) is 6.92 Å². The molecule has 0 aromatic rings. The summed E-state index contributed by atoms with van der Waals surface area (Å²) in [6, 6.07) is 0.0940. The van der Waals surface area contributed by atoms with Crippen LogP contribution < -0.4 is 0 Å². The van der Waals surface area contributed by atoms with Gasteiger partial charge in [-0.3, -0.25) is 0 Å². The van der Waals surface area contributed by atoms with Gasteiger partial charge in [-0.1, -0.05) is 22.9 Å². The van der Waals surface area contributed by atoms with Crippen LogP contribution in [0.2, 0.25) is 0 Å². The molecule has 0 radical (unpaired) electrons. The highest BCUT2D eigenvalue weighted by molar-refractivity contribution is 9.09. The second-order valence-electron chi connectivity index (χ2n) is 4.17. The van der Waals surface area contributed by atoms with Crippen LogP contribution in [0.4, 0.5) is 4.79 Å². The molecule has 1 N–H and O–H groups in total. The molecule has 2 rings (SSSR count). The standard InChI is InChI=1S/C9H14BrNO3/c1-3-14-8(13)11-4-9(2)6(11)5(10)7(9)12/h5-7,12H,3-4H2,1-2H3/t5-,6-,7+,9-/m0/s1. The second kappa shape index (κ2) is 3.10. The minimum atomic E-state index is -0.349. The summed E-state index contributed by atoms with van der Waals surface area (Å²) in [6.45, 7) is 4.78. The van der Waals surface area contributed by atoms with Gasteiger partial charge >= 0.3 is 6.09 Å². The molecular formula is C9H14BrNO3. The number of alkyl halides is 1. The molecule has 1 heterocycles.